The maximum Gasteiger partial charge on any atom is 0.0368 e. The molecule has 0 bridgehead atoms. The molecule has 1 N–H and O–H groups in total. The van der Waals surface area contributed by atoms with Crippen molar-refractivity contribution in [1.29, 1.82) is 0 Å². The monoisotopic (exact) mass is 246 g/mol. The third kappa shape index (κ3) is 3.74. The molecule has 0 saturated carbocycles. The Kier molecular flexibility index (Phi) is 4.65. The maximum atomic E-state index is 3.58. The van der Waals surface area contributed by atoms with E-state index in [0.717, 1.165) is 18.4 Å². The van der Waals surface area contributed by atoms with Crippen LogP contribution in [-0.2, 0) is 0 Å². The molecule has 1 aromatic carbocycles. The van der Waals surface area contributed by atoms with Gasteiger partial charge in [0.15, 0.2) is 0 Å². The molecule has 1 fully saturated rings. The van der Waals surface area contributed by atoms with Crippen molar-refractivity contribution >= 4 is 5.69 Å². The lowest BCUT2D eigenvalue weighted by atomic mass is 10.1. The second-order valence-electron chi connectivity index (χ2n) is 5.99. The topological polar surface area (TPSA) is 15.3 Å². The largest absolute Gasteiger partial charge is 0.371 e. The van der Waals surface area contributed by atoms with Gasteiger partial charge in [0.1, 0.15) is 0 Å². The van der Waals surface area contributed by atoms with Crippen LogP contribution in [0.3, 0.4) is 0 Å². The van der Waals surface area contributed by atoms with E-state index in [4.69, 9.17) is 0 Å². The van der Waals surface area contributed by atoms with E-state index in [1.54, 1.807) is 0 Å². The Morgan fingerprint density at radius 2 is 2.22 bits per heavy atom. The first-order valence-electron chi connectivity index (χ1n) is 7.17. The molecule has 1 aliphatic heterocycles. The van der Waals surface area contributed by atoms with Gasteiger partial charge in [-0.2, -0.15) is 0 Å². The van der Waals surface area contributed by atoms with Crippen LogP contribution in [0.15, 0.2) is 24.3 Å². The number of aryl methyl sites for hydroxylation is 1. The zero-order valence-electron chi connectivity index (χ0n) is 11.9. The molecular formula is C16H26N2. The van der Waals surface area contributed by atoms with Crippen molar-refractivity contribution < 1.29 is 0 Å². The summed E-state index contributed by atoms with van der Waals surface area (Å²) in [5, 5.41) is 3.58. The number of nitrogens with zero attached hydrogens (tertiary/aromatic N) is 1. The molecule has 0 aliphatic carbocycles. The van der Waals surface area contributed by atoms with Crippen molar-refractivity contribution in [2.75, 3.05) is 31.1 Å². The van der Waals surface area contributed by atoms with Crippen molar-refractivity contribution in [2.24, 2.45) is 11.8 Å². The van der Waals surface area contributed by atoms with Gasteiger partial charge in [-0.25, -0.2) is 0 Å². The molecule has 2 rings (SSSR count). The molecule has 2 nitrogen and oxygen atoms in total. The van der Waals surface area contributed by atoms with Gasteiger partial charge in [0.05, 0.1) is 0 Å². The molecule has 100 valence electrons. The average molecular weight is 246 g/mol. The maximum absolute atomic E-state index is 3.58. The fraction of sp³-hybridized carbons (Fsp3) is 0.625. The number of benzene rings is 1. The number of hydrogen-bond donors (Lipinski definition) is 1. The third-order valence-corrected chi connectivity index (χ3v) is 3.64. The van der Waals surface area contributed by atoms with Crippen LogP contribution in [0.2, 0.25) is 0 Å². The first-order chi connectivity index (χ1) is 8.65. The first-order valence-corrected chi connectivity index (χ1v) is 7.17. The molecule has 0 radical (unpaired) electrons. The molecule has 1 unspecified atom stereocenters. The van der Waals surface area contributed by atoms with Gasteiger partial charge in [-0.3, -0.25) is 0 Å². The molecule has 1 aromatic rings. The van der Waals surface area contributed by atoms with Crippen LogP contribution in [-0.4, -0.2) is 26.2 Å². The Morgan fingerprint density at radius 3 is 2.94 bits per heavy atom. The van der Waals surface area contributed by atoms with E-state index in [1.807, 2.05) is 0 Å². The standard InChI is InChI=1S/C16H26N2/c1-13(2)10-17-11-15-7-8-18(12-15)16-6-4-5-14(3)9-16/h4-6,9,13,15,17H,7-8,10-12H2,1-3H3. The SMILES string of the molecule is Cc1cccc(N2CCC(CNCC(C)C)C2)c1. The summed E-state index contributed by atoms with van der Waals surface area (Å²) in [6, 6.07) is 8.86. The van der Waals surface area contributed by atoms with E-state index in [-0.39, 0.29) is 0 Å². The van der Waals surface area contributed by atoms with Crippen LogP contribution >= 0.6 is 0 Å². The fourth-order valence-corrected chi connectivity index (χ4v) is 2.63. The predicted octanol–water partition coefficient (Wildman–Crippen LogP) is 3.07. The summed E-state index contributed by atoms with van der Waals surface area (Å²) in [7, 11) is 0. The molecule has 1 saturated heterocycles. The zero-order valence-corrected chi connectivity index (χ0v) is 11.9. The van der Waals surface area contributed by atoms with Gasteiger partial charge in [-0.1, -0.05) is 26.0 Å². The third-order valence-electron chi connectivity index (χ3n) is 3.64. The van der Waals surface area contributed by atoms with Crippen molar-refractivity contribution in [3.05, 3.63) is 29.8 Å². The van der Waals surface area contributed by atoms with Crippen LogP contribution in [0.5, 0.6) is 0 Å². The van der Waals surface area contributed by atoms with Gasteiger partial charge in [0.25, 0.3) is 0 Å². The summed E-state index contributed by atoms with van der Waals surface area (Å²) in [6.45, 7) is 11.4. The predicted molar refractivity (Wildman–Crippen MR) is 79.2 cm³/mol. The minimum Gasteiger partial charge on any atom is -0.371 e. The average Bonchev–Trinajstić information content (AvgIpc) is 2.77. The van der Waals surface area contributed by atoms with Gasteiger partial charge >= 0.3 is 0 Å². The van der Waals surface area contributed by atoms with Gasteiger partial charge in [0, 0.05) is 18.8 Å². The van der Waals surface area contributed by atoms with Crippen molar-refractivity contribution in [1.82, 2.24) is 5.32 Å². The van der Waals surface area contributed by atoms with Crippen LogP contribution in [0, 0.1) is 18.8 Å². The first kappa shape index (κ1) is 13.4. The Bertz CT molecular complexity index is 373. The van der Waals surface area contributed by atoms with E-state index in [2.05, 4.69) is 55.3 Å². The highest BCUT2D eigenvalue weighted by Crippen LogP contribution is 2.24. The summed E-state index contributed by atoms with van der Waals surface area (Å²) in [5.41, 5.74) is 2.75. The molecule has 0 aromatic heterocycles. The van der Waals surface area contributed by atoms with Crippen molar-refractivity contribution in [3.8, 4) is 0 Å². The summed E-state index contributed by atoms with van der Waals surface area (Å²) < 4.78 is 0. The van der Waals surface area contributed by atoms with Gasteiger partial charge in [-0.15, -0.1) is 0 Å². The summed E-state index contributed by atoms with van der Waals surface area (Å²) in [6.07, 6.45) is 1.32. The highest BCUT2D eigenvalue weighted by Gasteiger charge is 2.22. The lowest BCUT2D eigenvalue weighted by Crippen LogP contribution is -2.28. The van der Waals surface area contributed by atoms with Gasteiger partial charge in [-0.05, 0) is 56.0 Å². The van der Waals surface area contributed by atoms with Crippen LogP contribution in [0.25, 0.3) is 0 Å². The van der Waals surface area contributed by atoms with Gasteiger partial charge in [0.2, 0.25) is 0 Å². The minimum atomic E-state index is 0.749. The summed E-state index contributed by atoms with van der Waals surface area (Å²) in [4.78, 5) is 2.52. The normalized spacial score (nSPS) is 19.8. The quantitative estimate of drug-likeness (QED) is 0.859. The Hall–Kier alpha value is -1.02. The van der Waals surface area contributed by atoms with Crippen molar-refractivity contribution in [2.45, 2.75) is 27.2 Å². The Balaban J connectivity index is 1.81. The lowest BCUT2D eigenvalue weighted by Gasteiger charge is -2.19. The van der Waals surface area contributed by atoms with E-state index in [0.29, 0.717) is 0 Å². The highest BCUT2D eigenvalue weighted by molar-refractivity contribution is 5.49. The zero-order chi connectivity index (χ0) is 13.0. The fourth-order valence-electron chi connectivity index (χ4n) is 2.63. The molecule has 1 aliphatic rings. The van der Waals surface area contributed by atoms with E-state index >= 15 is 0 Å². The van der Waals surface area contributed by atoms with E-state index < -0.39 is 0 Å². The smallest absolute Gasteiger partial charge is 0.0368 e. The minimum absolute atomic E-state index is 0.749. The molecule has 18 heavy (non-hydrogen) atoms. The van der Waals surface area contributed by atoms with E-state index in [1.165, 1.54) is 37.3 Å². The highest BCUT2D eigenvalue weighted by atomic mass is 15.2. The number of anilines is 1. The molecule has 0 amide bonds. The van der Waals surface area contributed by atoms with Gasteiger partial charge < -0.3 is 10.2 Å². The molecule has 2 heteroatoms. The van der Waals surface area contributed by atoms with Crippen LogP contribution in [0.4, 0.5) is 5.69 Å². The number of nitrogens with one attached hydrogen (secondary N) is 1. The summed E-state index contributed by atoms with van der Waals surface area (Å²) in [5.74, 6) is 1.56. The van der Waals surface area contributed by atoms with Crippen molar-refractivity contribution in [3.63, 3.8) is 0 Å². The molecule has 1 heterocycles. The molecule has 0 spiro atoms. The number of hydrogen-bond acceptors (Lipinski definition) is 2. The molecular weight excluding hydrogens is 220 g/mol. The van der Waals surface area contributed by atoms with Crippen LogP contribution < -0.4 is 10.2 Å². The summed E-state index contributed by atoms with van der Waals surface area (Å²) >= 11 is 0. The second kappa shape index (κ2) is 6.24. The lowest BCUT2D eigenvalue weighted by molar-refractivity contribution is 0.477. The Labute approximate surface area is 111 Å². The van der Waals surface area contributed by atoms with E-state index in [9.17, 15) is 0 Å². The van der Waals surface area contributed by atoms with Crippen LogP contribution in [0.1, 0.15) is 25.8 Å². The Morgan fingerprint density at radius 1 is 1.39 bits per heavy atom. The second-order valence-corrected chi connectivity index (χ2v) is 5.99. The molecule has 1 atom stereocenters. The number of rotatable bonds is 5.